The number of pyridine rings is 1. The maximum Gasteiger partial charge on any atom is 0.407 e. The molecule has 0 bridgehead atoms. The Morgan fingerprint density at radius 3 is 2.32 bits per heavy atom. The van der Waals surface area contributed by atoms with E-state index < -0.39 is 47.5 Å². The molecule has 5 N–H and O–H groups in total. The predicted octanol–water partition coefficient (Wildman–Crippen LogP) is 2.84. The number of halogens is 3. The van der Waals surface area contributed by atoms with Gasteiger partial charge in [-0.3, -0.25) is 14.6 Å². The average Bonchev–Trinajstić information content (AvgIpc) is 3.38. The molecule has 2 aliphatic heterocycles. The third-order valence-electron chi connectivity index (χ3n) is 8.40. The van der Waals surface area contributed by atoms with Crippen LogP contribution in [-0.2, 0) is 25.5 Å². The highest BCUT2D eigenvalue weighted by atomic mass is 19.1. The van der Waals surface area contributed by atoms with Crippen LogP contribution in [0.3, 0.4) is 0 Å². The molecule has 14 heteroatoms. The summed E-state index contributed by atoms with van der Waals surface area (Å²) in [4.78, 5) is 43.0. The lowest BCUT2D eigenvalue weighted by molar-refractivity contribution is -0.128. The Morgan fingerprint density at radius 1 is 1.09 bits per heavy atom. The average molecular weight is 655 g/mol. The summed E-state index contributed by atoms with van der Waals surface area (Å²) < 4.78 is 53.5. The molecule has 2 saturated heterocycles. The van der Waals surface area contributed by atoms with Gasteiger partial charge in [0, 0.05) is 31.6 Å². The van der Waals surface area contributed by atoms with Crippen molar-refractivity contribution in [2.24, 2.45) is 5.73 Å². The van der Waals surface area contributed by atoms with E-state index in [1.54, 1.807) is 11.9 Å². The van der Waals surface area contributed by atoms with E-state index in [4.69, 9.17) is 15.2 Å². The van der Waals surface area contributed by atoms with Crippen LogP contribution in [0.1, 0.15) is 35.4 Å². The molecule has 3 amide bonds. The summed E-state index contributed by atoms with van der Waals surface area (Å²) in [5.41, 5.74) is 7.90. The summed E-state index contributed by atoms with van der Waals surface area (Å²) in [7, 11) is 1.68. The number of aromatic nitrogens is 1. The fraction of sp³-hybridized carbons (Fsp3) is 0.394. The number of anilines is 1. The molecule has 3 heterocycles. The largest absolute Gasteiger partial charge is 0.448 e. The molecule has 2 fully saturated rings. The van der Waals surface area contributed by atoms with Crippen molar-refractivity contribution in [2.75, 3.05) is 38.7 Å². The molecule has 250 valence electrons. The minimum absolute atomic E-state index is 0.0432. The van der Waals surface area contributed by atoms with Crippen molar-refractivity contribution in [3.05, 3.63) is 95.1 Å². The van der Waals surface area contributed by atoms with Gasteiger partial charge in [0.15, 0.2) is 0 Å². The number of likely N-dealkylation sites (tertiary alicyclic amines) is 1. The standard InChI is InChI=1S/C33H37F3N6O5/c1-42-13-12-27(32(42)44)41-33(45)47-18-23-17-46-24(14-39-23)10-11-25-26(36)15-38-16-28(25)40-31(43)30(37)29(19-2-6-21(34)7-3-19)20-4-8-22(35)9-5-20/h2-9,15-16,23-24,27,29-30,39H,10-14,17-18,37H2,1H3,(H,40,43)(H,41,45)/t23-,24+,27?,30-/m0/s1. The first-order valence-electron chi connectivity index (χ1n) is 15.3. The maximum absolute atomic E-state index is 15.0. The van der Waals surface area contributed by atoms with Gasteiger partial charge in [0.1, 0.15) is 30.1 Å². The number of rotatable bonds is 11. The Morgan fingerprint density at radius 2 is 1.74 bits per heavy atom. The number of nitrogens with two attached hydrogens (primary N) is 1. The molecule has 2 aromatic carbocycles. The lowest BCUT2D eigenvalue weighted by Crippen LogP contribution is -2.50. The number of alkyl carbamates (subject to hydrolysis) is 1. The van der Waals surface area contributed by atoms with Crippen LogP contribution in [0.2, 0.25) is 0 Å². The molecule has 1 unspecified atom stereocenters. The number of likely N-dealkylation sites (N-methyl/N-ethyl adjacent to an activating group) is 1. The van der Waals surface area contributed by atoms with Crippen LogP contribution < -0.4 is 21.7 Å². The Kier molecular flexibility index (Phi) is 11.1. The summed E-state index contributed by atoms with van der Waals surface area (Å²) in [5.74, 6) is -3.08. The van der Waals surface area contributed by atoms with Crippen LogP contribution in [0.25, 0.3) is 0 Å². The van der Waals surface area contributed by atoms with Crippen molar-refractivity contribution in [1.82, 2.24) is 20.5 Å². The smallest absolute Gasteiger partial charge is 0.407 e. The van der Waals surface area contributed by atoms with Gasteiger partial charge < -0.3 is 36.1 Å². The minimum Gasteiger partial charge on any atom is -0.448 e. The Balaban J connectivity index is 1.15. The first-order valence-corrected chi connectivity index (χ1v) is 15.3. The summed E-state index contributed by atoms with van der Waals surface area (Å²) in [6.07, 6.45) is 2.57. The molecule has 0 saturated carbocycles. The number of amides is 3. The van der Waals surface area contributed by atoms with Crippen molar-refractivity contribution in [3.63, 3.8) is 0 Å². The van der Waals surface area contributed by atoms with E-state index in [0.717, 1.165) is 6.20 Å². The fourth-order valence-corrected chi connectivity index (χ4v) is 5.72. The molecule has 3 aromatic rings. The summed E-state index contributed by atoms with van der Waals surface area (Å²) in [6, 6.07) is 8.98. The number of morpholine rings is 1. The number of hydrogen-bond acceptors (Lipinski definition) is 8. The van der Waals surface area contributed by atoms with Crippen LogP contribution in [0.4, 0.5) is 23.7 Å². The monoisotopic (exact) mass is 654 g/mol. The Labute approximate surface area is 270 Å². The molecule has 4 atom stereocenters. The zero-order chi connectivity index (χ0) is 33.5. The van der Waals surface area contributed by atoms with Crippen molar-refractivity contribution in [3.8, 4) is 0 Å². The van der Waals surface area contributed by atoms with Crippen molar-refractivity contribution in [1.29, 1.82) is 0 Å². The molecule has 47 heavy (non-hydrogen) atoms. The molecule has 2 aliphatic rings. The van der Waals surface area contributed by atoms with Gasteiger partial charge in [0.2, 0.25) is 11.8 Å². The number of benzene rings is 2. The molecule has 1 aromatic heterocycles. The van der Waals surface area contributed by atoms with Crippen LogP contribution in [0.15, 0.2) is 60.9 Å². The van der Waals surface area contributed by atoms with Gasteiger partial charge in [-0.05, 0) is 54.7 Å². The zero-order valence-electron chi connectivity index (χ0n) is 25.8. The van der Waals surface area contributed by atoms with Crippen LogP contribution in [0.5, 0.6) is 0 Å². The predicted molar refractivity (Wildman–Crippen MR) is 166 cm³/mol. The molecular formula is C33H37F3N6O5. The molecule has 0 spiro atoms. The van der Waals surface area contributed by atoms with E-state index in [1.807, 2.05) is 0 Å². The summed E-state index contributed by atoms with van der Waals surface area (Å²) in [5, 5.41) is 8.53. The van der Waals surface area contributed by atoms with Gasteiger partial charge in [0.25, 0.3) is 0 Å². The van der Waals surface area contributed by atoms with Crippen LogP contribution in [-0.4, -0.2) is 85.4 Å². The number of carbonyl (C=O) groups is 3. The van der Waals surface area contributed by atoms with Gasteiger partial charge in [-0.25, -0.2) is 18.0 Å². The lowest BCUT2D eigenvalue weighted by atomic mass is 9.85. The highest BCUT2D eigenvalue weighted by Gasteiger charge is 2.32. The highest BCUT2D eigenvalue weighted by molar-refractivity contribution is 5.96. The Hall–Kier alpha value is -4.53. The molecule has 5 rings (SSSR count). The van der Waals surface area contributed by atoms with Gasteiger partial charge in [0.05, 0.1) is 42.9 Å². The fourth-order valence-electron chi connectivity index (χ4n) is 5.72. The van der Waals surface area contributed by atoms with Crippen molar-refractivity contribution >= 4 is 23.6 Å². The first kappa shape index (κ1) is 33.8. The van der Waals surface area contributed by atoms with Crippen LogP contribution >= 0.6 is 0 Å². The second kappa shape index (κ2) is 15.4. The maximum atomic E-state index is 15.0. The van der Waals surface area contributed by atoms with Gasteiger partial charge in [-0.15, -0.1) is 0 Å². The third-order valence-corrected chi connectivity index (χ3v) is 8.40. The number of ether oxygens (including phenoxy) is 2. The highest BCUT2D eigenvalue weighted by Crippen LogP contribution is 2.29. The van der Waals surface area contributed by atoms with E-state index >= 15 is 0 Å². The lowest BCUT2D eigenvalue weighted by Gasteiger charge is -2.30. The SMILES string of the molecule is CN1CCC(NC(=O)OC[C@@H]2CO[C@H](CCc3c(F)cncc3NC(=O)[C@@H](N)C(c3ccc(F)cc3)c3ccc(F)cc3)CN2)C1=O. The topological polar surface area (TPSA) is 148 Å². The Bertz CT molecular complexity index is 1510. The van der Waals surface area contributed by atoms with Crippen molar-refractivity contribution in [2.45, 2.75) is 49.4 Å². The van der Waals surface area contributed by atoms with Gasteiger partial charge in [-0.1, -0.05) is 24.3 Å². The van der Waals surface area contributed by atoms with Crippen LogP contribution in [0, 0.1) is 17.5 Å². The van der Waals surface area contributed by atoms with Gasteiger partial charge in [-0.2, -0.15) is 0 Å². The first-order chi connectivity index (χ1) is 22.6. The quantitative estimate of drug-likeness (QED) is 0.247. The van der Waals surface area contributed by atoms with E-state index in [2.05, 4.69) is 20.9 Å². The van der Waals surface area contributed by atoms with E-state index in [-0.39, 0.29) is 48.9 Å². The third kappa shape index (κ3) is 8.64. The molecule has 0 aliphatic carbocycles. The minimum atomic E-state index is -1.20. The molecule has 11 nitrogen and oxygen atoms in total. The number of carbonyl (C=O) groups excluding carboxylic acids is 3. The molecular weight excluding hydrogens is 617 g/mol. The summed E-state index contributed by atoms with van der Waals surface area (Å²) >= 11 is 0. The van der Waals surface area contributed by atoms with E-state index in [0.29, 0.717) is 37.1 Å². The molecule has 0 radical (unpaired) electrons. The number of nitrogens with one attached hydrogen (secondary N) is 3. The van der Waals surface area contributed by atoms with Gasteiger partial charge >= 0.3 is 6.09 Å². The second-order valence-corrected chi connectivity index (χ2v) is 11.7. The number of hydrogen-bond donors (Lipinski definition) is 4. The zero-order valence-corrected chi connectivity index (χ0v) is 25.8. The normalized spacial score (nSPS) is 20.3. The summed E-state index contributed by atoms with van der Waals surface area (Å²) in [6.45, 7) is 1.28. The van der Waals surface area contributed by atoms with E-state index in [9.17, 15) is 27.6 Å². The van der Waals surface area contributed by atoms with Crippen molar-refractivity contribution < 1.29 is 37.0 Å². The van der Waals surface area contributed by atoms with E-state index in [1.165, 1.54) is 54.7 Å². The number of nitrogens with zero attached hydrogens (tertiary/aromatic N) is 2. The second-order valence-electron chi connectivity index (χ2n) is 11.7.